The second kappa shape index (κ2) is 6.33. The van der Waals surface area contributed by atoms with Crippen molar-refractivity contribution in [3.63, 3.8) is 0 Å². The third kappa shape index (κ3) is 3.35. The van der Waals surface area contributed by atoms with Gasteiger partial charge in [0.2, 0.25) is 0 Å². The topological polar surface area (TPSA) is 24.9 Å². The highest BCUT2D eigenvalue weighted by molar-refractivity contribution is 14.1. The lowest BCUT2D eigenvalue weighted by atomic mass is 9.94. The molecular weight excluding hydrogens is 367 g/mol. The number of fused-ring (bicyclic) bond motifs is 1. The average molecular weight is 384 g/mol. The molecule has 0 saturated carbocycles. The summed E-state index contributed by atoms with van der Waals surface area (Å²) in [7, 11) is 0. The fraction of sp³-hybridized carbons (Fsp3) is 0.400. The van der Waals surface area contributed by atoms with Crippen LogP contribution < -0.4 is 5.32 Å². The van der Waals surface area contributed by atoms with E-state index in [9.17, 15) is 0 Å². The number of nitrogens with zero attached hydrogens (tertiary/aromatic N) is 1. The molecule has 0 saturated heterocycles. The molecule has 1 unspecified atom stereocenters. The van der Waals surface area contributed by atoms with E-state index in [4.69, 9.17) is 0 Å². The van der Waals surface area contributed by atoms with E-state index in [-0.39, 0.29) is 0 Å². The van der Waals surface area contributed by atoms with Crippen LogP contribution in [0.4, 0.5) is 0 Å². The second-order valence-electron chi connectivity index (χ2n) is 4.94. The van der Waals surface area contributed by atoms with E-state index in [0.717, 1.165) is 13.0 Å². The molecule has 1 aliphatic carbocycles. The number of nitrogens with one attached hydrogen (secondary N) is 1. The van der Waals surface area contributed by atoms with Crippen molar-refractivity contribution in [2.24, 2.45) is 0 Å². The van der Waals surface area contributed by atoms with Gasteiger partial charge in [0, 0.05) is 23.3 Å². The molecule has 0 radical (unpaired) electrons. The lowest BCUT2D eigenvalue weighted by Crippen LogP contribution is -2.26. The first kappa shape index (κ1) is 13.5. The van der Waals surface area contributed by atoms with Crippen molar-refractivity contribution >= 4 is 33.9 Å². The van der Waals surface area contributed by atoms with Gasteiger partial charge in [0.05, 0.1) is 2.88 Å². The van der Waals surface area contributed by atoms with Crippen LogP contribution in [0.3, 0.4) is 0 Å². The molecule has 1 aliphatic rings. The fourth-order valence-electron chi connectivity index (χ4n) is 2.67. The van der Waals surface area contributed by atoms with E-state index in [0.29, 0.717) is 6.04 Å². The van der Waals surface area contributed by atoms with Gasteiger partial charge in [-0.25, -0.2) is 0 Å². The van der Waals surface area contributed by atoms with Crippen molar-refractivity contribution in [2.75, 3.05) is 6.54 Å². The summed E-state index contributed by atoms with van der Waals surface area (Å²) >= 11 is 4.40. The summed E-state index contributed by atoms with van der Waals surface area (Å²) in [5, 5.41) is 3.72. The van der Waals surface area contributed by atoms with Crippen LogP contribution in [0.5, 0.6) is 0 Å². The van der Waals surface area contributed by atoms with E-state index in [1.54, 1.807) is 10.4 Å². The van der Waals surface area contributed by atoms with Gasteiger partial charge >= 0.3 is 0 Å². The minimum atomic E-state index is 0.556. The van der Waals surface area contributed by atoms with Crippen LogP contribution in [0.25, 0.3) is 0 Å². The first-order valence-corrected chi connectivity index (χ1v) is 8.63. The van der Waals surface area contributed by atoms with E-state index in [1.807, 2.05) is 29.8 Å². The number of aryl methyl sites for hydroxylation is 1. The van der Waals surface area contributed by atoms with Crippen molar-refractivity contribution in [3.8, 4) is 0 Å². The second-order valence-corrected chi connectivity index (χ2v) is 7.97. The van der Waals surface area contributed by atoms with Gasteiger partial charge in [0.1, 0.15) is 0 Å². The maximum absolute atomic E-state index is 4.16. The van der Waals surface area contributed by atoms with Crippen LogP contribution in [0, 0.1) is 2.88 Å². The number of hydrogen-bond donors (Lipinski definition) is 1. The molecule has 3 rings (SSSR count). The lowest BCUT2D eigenvalue weighted by Gasteiger charge is -2.23. The predicted molar refractivity (Wildman–Crippen MR) is 88.7 cm³/mol. The predicted octanol–water partition coefficient (Wildman–Crippen LogP) is 3.96. The van der Waals surface area contributed by atoms with Gasteiger partial charge in [-0.15, -0.1) is 11.3 Å². The standard InChI is InChI=1S/C15H17IN2S/c16-15-9-12-13(4-1-5-14(12)19-15)18-8-6-11-3-2-7-17-10-11/h2-3,7,9-10,13,18H,1,4-6,8H2. The fourth-order valence-corrected chi connectivity index (χ4v) is 4.79. The van der Waals surface area contributed by atoms with Gasteiger partial charge in [-0.2, -0.15) is 0 Å². The molecule has 2 aromatic rings. The van der Waals surface area contributed by atoms with Gasteiger partial charge in [-0.1, -0.05) is 6.07 Å². The Kier molecular flexibility index (Phi) is 4.50. The average Bonchev–Trinajstić information content (AvgIpc) is 2.81. The SMILES string of the molecule is Ic1cc2c(s1)CCCC2NCCc1cccnc1. The van der Waals surface area contributed by atoms with Gasteiger partial charge in [0.15, 0.2) is 0 Å². The molecule has 2 nitrogen and oxygen atoms in total. The third-order valence-corrected chi connectivity index (χ3v) is 5.58. The summed E-state index contributed by atoms with van der Waals surface area (Å²) < 4.78 is 1.42. The number of thiophene rings is 1. The molecule has 100 valence electrons. The van der Waals surface area contributed by atoms with Crippen LogP contribution in [0.15, 0.2) is 30.6 Å². The number of pyridine rings is 1. The number of hydrogen-bond acceptors (Lipinski definition) is 3. The molecule has 0 fully saturated rings. The van der Waals surface area contributed by atoms with Crippen molar-refractivity contribution in [2.45, 2.75) is 31.7 Å². The maximum Gasteiger partial charge on any atom is 0.0659 e. The summed E-state index contributed by atoms with van der Waals surface area (Å²) in [6.45, 7) is 1.03. The highest BCUT2D eigenvalue weighted by atomic mass is 127. The summed E-state index contributed by atoms with van der Waals surface area (Å²) in [5.41, 5.74) is 2.86. The van der Waals surface area contributed by atoms with Crippen molar-refractivity contribution in [1.29, 1.82) is 0 Å². The Bertz CT molecular complexity index is 538. The smallest absolute Gasteiger partial charge is 0.0659 e. The molecule has 0 spiro atoms. The lowest BCUT2D eigenvalue weighted by molar-refractivity contribution is 0.467. The Morgan fingerprint density at radius 2 is 2.42 bits per heavy atom. The maximum atomic E-state index is 4.16. The molecule has 2 heterocycles. The molecule has 1 N–H and O–H groups in total. The van der Waals surface area contributed by atoms with Gasteiger partial charge in [-0.3, -0.25) is 4.98 Å². The zero-order valence-corrected chi connectivity index (χ0v) is 13.7. The summed E-state index contributed by atoms with van der Waals surface area (Å²) in [6, 6.07) is 7.07. The molecule has 2 aromatic heterocycles. The summed E-state index contributed by atoms with van der Waals surface area (Å²) in [4.78, 5) is 5.75. The molecule has 0 bridgehead atoms. The Balaban J connectivity index is 1.59. The Morgan fingerprint density at radius 3 is 3.26 bits per heavy atom. The molecule has 1 atom stereocenters. The first-order chi connectivity index (χ1) is 9.33. The molecule has 0 amide bonds. The Hall–Kier alpha value is -0.460. The highest BCUT2D eigenvalue weighted by Gasteiger charge is 2.21. The largest absolute Gasteiger partial charge is 0.310 e. The zero-order valence-electron chi connectivity index (χ0n) is 10.7. The van der Waals surface area contributed by atoms with E-state index in [1.165, 1.54) is 27.7 Å². The van der Waals surface area contributed by atoms with Gasteiger partial charge in [0.25, 0.3) is 0 Å². The number of halogens is 1. The Labute approximate surface area is 131 Å². The number of rotatable bonds is 4. The molecule has 0 aliphatic heterocycles. The van der Waals surface area contributed by atoms with E-state index in [2.05, 4.69) is 45.0 Å². The van der Waals surface area contributed by atoms with Crippen LogP contribution in [0.1, 0.15) is 34.9 Å². The van der Waals surface area contributed by atoms with E-state index < -0.39 is 0 Å². The normalized spacial score (nSPS) is 18.3. The summed E-state index contributed by atoms with van der Waals surface area (Å²) in [6.07, 6.45) is 8.70. The van der Waals surface area contributed by atoms with Crippen molar-refractivity contribution in [1.82, 2.24) is 10.3 Å². The van der Waals surface area contributed by atoms with Crippen LogP contribution >= 0.6 is 33.9 Å². The Morgan fingerprint density at radius 1 is 1.47 bits per heavy atom. The monoisotopic (exact) mass is 384 g/mol. The first-order valence-electron chi connectivity index (χ1n) is 6.73. The zero-order chi connectivity index (χ0) is 13.1. The van der Waals surface area contributed by atoms with Crippen LogP contribution in [-0.4, -0.2) is 11.5 Å². The van der Waals surface area contributed by atoms with Crippen LogP contribution in [-0.2, 0) is 12.8 Å². The minimum Gasteiger partial charge on any atom is -0.310 e. The molecule has 19 heavy (non-hydrogen) atoms. The van der Waals surface area contributed by atoms with Crippen molar-refractivity contribution in [3.05, 3.63) is 49.5 Å². The van der Waals surface area contributed by atoms with Gasteiger partial charge < -0.3 is 5.32 Å². The van der Waals surface area contributed by atoms with Crippen LogP contribution in [0.2, 0.25) is 0 Å². The van der Waals surface area contributed by atoms with E-state index >= 15 is 0 Å². The minimum absolute atomic E-state index is 0.556. The quantitative estimate of drug-likeness (QED) is 0.808. The number of aromatic nitrogens is 1. The molecular formula is C15H17IN2S. The summed E-state index contributed by atoms with van der Waals surface area (Å²) in [5.74, 6) is 0. The third-order valence-electron chi connectivity index (χ3n) is 3.61. The van der Waals surface area contributed by atoms with Crippen molar-refractivity contribution < 1.29 is 0 Å². The highest BCUT2D eigenvalue weighted by Crippen LogP contribution is 2.36. The van der Waals surface area contributed by atoms with Gasteiger partial charge in [-0.05, 0) is 78.1 Å². The molecule has 0 aromatic carbocycles. The molecule has 4 heteroatoms.